The van der Waals surface area contributed by atoms with Crippen molar-refractivity contribution in [3.8, 4) is 0 Å². The monoisotopic (exact) mass is 320 g/mol. The Morgan fingerprint density at radius 2 is 2.17 bits per heavy atom. The minimum Gasteiger partial charge on any atom is -0.444 e. The summed E-state index contributed by atoms with van der Waals surface area (Å²) in [6, 6.07) is 0.645. The van der Waals surface area contributed by atoms with Gasteiger partial charge in [-0.1, -0.05) is 0 Å². The number of alkyl carbamates (subject to hydrolysis) is 1. The van der Waals surface area contributed by atoms with Crippen molar-refractivity contribution in [3.63, 3.8) is 0 Å². The van der Waals surface area contributed by atoms with E-state index < -0.39 is 5.60 Å². The van der Waals surface area contributed by atoms with Crippen molar-refractivity contribution in [2.75, 3.05) is 6.54 Å². The number of nitrogens with zero attached hydrogens (tertiary/aromatic N) is 2. The molecule has 0 spiro atoms. The van der Waals surface area contributed by atoms with Crippen LogP contribution in [0.15, 0.2) is 12.5 Å². The summed E-state index contributed by atoms with van der Waals surface area (Å²) in [5, 5.41) is 6.56. The van der Waals surface area contributed by atoms with Crippen LogP contribution in [0.2, 0.25) is 0 Å². The molecule has 2 N–H and O–H groups in total. The van der Waals surface area contributed by atoms with Gasteiger partial charge in [-0.3, -0.25) is 0 Å². The zero-order chi connectivity index (χ0) is 16.5. The van der Waals surface area contributed by atoms with Gasteiger partial charge in [-0.25, -0.2) is 9.78 Å². The number of amides is 1. The lowest BCUT2D eigenvalue weighted by Crippen LogP contribution is -2.59. The third-order valence-corrected chi connectivity index (χ3v) is 4.53. The fraction of sp³-hybridized carbons (Fsp3) is 0.765. The fourth-order valence-corrected chi connectivity index (χ4v) is 3.05. The molecule has 2 fully saturated rings. The Hall–Kier alpha value is -1.56. The molecule has 3 rings (SSSR count). The lowest BCUT2D eigenvalue weighted by Gasteiger charge is -2.42. The minimum atomic E-state index is -0.459. The molecule has 0 saturated heterocycles. The van der Waals surface area contributed by atoms with Crippen molar-refractivity contribution in [2.24, 2.45) is 0 Å². The molecule has 0 aliphatic heterocycles. The molecule has 6 nitrogen and oxygen atoms in total. The first-order valence-electron chi connectivity index (χ1n) is 8.60. The topological polar surface area (TPSA) is 68.2 Å². The predicted molar refractivity (Wildman–Crippen MR) is 88.2 cm³/mol. The number of ether oxygens (including phenoxy) is 1. The van der Waals surface area contributed by atoms with Crippen LogP contribution in [0.5, 0.6) is 0 Å². The van der Waals surface area contributed by atoms with Crippen molar-refractivity contribution >= 4 is 6.09 Å². The van der Waals surface area contributed by atoms with E-state index in [9.17, 15) is 4.79 Å². The molecule has 6 heteroatoms. The lowest BCUT2D eigenvalue weighted by molar-refractivity contribution is 0.0382. The van der Waals surface area contributed by atoms with E-state index in [4.69, 9.17) is 4.74 Å². The number of nitrogens with one attached hydrogen (secondary N) is 2. The predicted octanol–water partition coefficient (Wildman–Crippen LogP) is 2.76. The molecule has 1 amide bonds. The number of carbonyl (C=O) groups excluding carboxylic acids is 1. The smallest absolute Gasteiger partial charge is 0.408 e. The van der Waals surface area contributed by atoms with Gasteiger partial charge < -0.3 is 19.9 Å². The Balaban J connectivity index is 1.49. The molecule has 0 radical (unpaired) electrons. The number of carbonyl (C=O) groups is 1. The second kappa shape index (κ2) is 6.15. The molecule has 2 aliphatic carbocycles. The van der Waals surface area contributed by atoms with Crippen LogP contribution in [0.3, 0.4) is 0 Å². The van der Waals surface area contributed by atoms with Gasteiger partial charge in [0, 0.05) is 25.3 Å². The molecular formula is C17H28N4O2. The van der Waals surface area contributed by atoms with Crippen LogP contribution < -0.4 is 10.6 Å². The van der Waals surface area contributed by atoms with Gasteiger partial charge in [-0.15, -0.1) is 0 Å². The van der Waals surface area contributed by atoms with Gasteiger partial charge in [0.1, 0.15) is 5.60 Å². The van der Waals surface area contributed by atoms with E-state index in [1.54, 1.807) is 0 Å². The van der Waals surface area contributed by atoms with Crippen LogP contribution >= 0.6 is 0 Å². The highest BCUT2D eigenvalue weighted by molar-refractivity contribution is 5.69. The van der Waals surface area contributed by atoms with E-state index >= 15 is 0 Å². The van der Waals surface area contributed by atoms with Gasteiger partial charge in [0.15, 0.2) is 0 Å². The Morgan fingerprint density at radius 1 is 1.43 bits per heavy atom. The van der Waals surface area contributed by atoms with Gasteiger partial charge in [0.05, 0.1) is 17.6 Å². The summed E-state index contributed by atoms with van der Waals surface area (Å²) in [5.41, 5.74) is 0.602. The number of aromatic nitrogens is 2. The molecular weight excluding hydrogens is 292 g/mol. The van der Waals surface area contributed by atoms with Gasteiger partial charge in [-0.2, -0.15) is 0 Å². The highest BCUT2D eigenvalue weighted by Gasteiger charge is 2.39. The van der Waals surface area contributed by atoms with E-state index in [2.05, 4.69) is 20.2 Å². The molecule has 128 valence electrons. The quantitative estimate of drug-likeness (QED) is 0.846. The van der Waals surface area contributed by atoms with E-state index in [1.807, 2.05) is 33.3 Å². The van der Waals surface area contributed by atoms with Crippen molar-refractivity contribution in [1.82, 2.24) is 20.2 Å². The maximum Gasteiger partial charge on any atom is 0.408 e. The highest BCUT2D eigenvalue weighted by Crippen LogP contribution is 2.35. The molecule has 23 heavy (non-hydrogen) atoms. The standard InChI is InChI=1S/C17H28N4O2/c1-16(2,3)23-15(22)20-17(7-4-8-17)11-18-9-14-10-19-12-21(14)13-5-6-13/h10,12-13,18H,4-9,11H2,1-3H3,(H,20,22). The zero-order valence-electron chi connectivity index (χ0n) is 14.4. The van der Waals surface area contributed by atoms with Crippen LogP contribution in [0.25, 0.3) is 0 Å². The summed E-state index contributed by atoms with van der Waals surface area (Å²) >= 11 is 0. The maximum absolute atomic E-state index is 12.0. The summed E-state index contributed by atoms with van der Waals surface area (Å²) < 4.78 is 7.65. The molecule has 1 heterocycles. The first-order valence-corrected chi connectivity index (χ1v) is 8.60. The highest BCUT2D eigenvalue weighted by atomic mass is 16.6. The Bertz CT molecular complexity index is 553. The van der Waals surface area contributed by atoms with Crippen molar-refractivity contribution in [3.05, 3.63) is 18.2 Å². The average Bonchev–Trinajstić information content (AvgIpc) is 3.13. The van der Waals surface area contributed by atoms with Gasteiger partial charge in [0.2, 0.25) is 0 Å². The Labute approximate surface area is 138 Å². The summed E-state index contributed by atoms with van der Waals surface area (Å²) in [5.74, 6) is 0. The molecule has 1 aromatic heterocycles. The third kappa shape index (κ3) is 4.25. The second-order valence-corrected chi connectivity index (χ2v) is 7.89. The fourth-order valence-electron chi connectivity index (χ4n) is 3.05. The number of hydrogen-bond donors (Lipinski definition) is 2. The zero-order valence-corrected chi connectivity index (χ0v) is 14.4. The maximum atomic E-state index is 12.0. The first-order chi connectivity index (χ1) is 10.9. The van der Waals surface area contributed by atoms with E-state index in [0.29, 0.717) is 6.04 Å². The largest absolute Gasteiger partial charge is 0.444 e. The SMILES string of the molecule is CC(C)(C)OC(=O)NC1(CNCc2cncn2C2CC2)CCC1. The minimum absolute atomic E-state index is 0.160. The van der Waals surface area contributed by atoms with Crippen molar-refractivity contribution in [1.29, 1.82) is 0 Å². The number of imidazole rings is 1. The normalized spacial score (nSPS) is 20.0. The molecule has 0 atom stereocenters. The van der Waals surface area contributed by atoms with Gasteiger partial charge >= 0.3 is 6.09 Å². The van der Waals surface area contributed by atoms with Crippen LogP contribution in [0, 0.1) is 0 Å². The third-order valence-electron chi connectivity index (χ3n) is 4.53. The molecule has 2 saturated carbocycles. The molecule has 1 aromatic rings. The number of rotatable bonds is 6. The summed E-state index contributed by atoms with van der Waals surface area (Å²) in [4.78, 5) is 16.3. The summed E-state index contributed by atoms with van der Waals surface area (Å²) in [6.45, 7) is 7.21. The molecule has 0 unspecified atom stereocenters. The Morgan fingerprint density at radius 3 is 2.74 bits per heavy atom. The van der Waals surface area contributed by atoms with Gasteiger partial charge in [0.25, 0.3) is 0 Å². The first kappa shape index (κ1) is 16.3. The van der Waals surface area contributed by atoms with Crippen LogP contribution in [0.1, 0.15) is 64.6 Å². The van der Waals surface area contributed by atoms with E-state index in [1.165, 1.54) is 18.5 Å². The van der Waals surface area contributed by atoms with Crippen LogP contribution in [-0.2, 0) is 11.3 Å². The lowest BCUT2D eigenvalue weighted by atomic mass is 9.76. The van der Waals surface area contributed by atoms with Gasteiger partial charge in [-0.05, 0) is 52.9 Å². The average molecular weight is 320 g/mol. The van der Waals surface area contributed by atoms with Crippen LogP contribution in [0.4, 0.5) is 4.79 Å². The van der Waals surface area contributed by atoms with E-state index in [-0.39, 0.29) is 11.6 Å². The summed E-state index contributed by atoms with van der Waals surface area (Å²) in [6.07, 6.45) is 9.20. The van der Waals surface area contributed by atoms with Crippen molar-refractivity contribution in [2.45, 2.75) is 76.6 Å². The number of hydrogen-bond acceptors (Lipinski definition) is 4. The van der Waals surface area contributed by atoms with E-state index in [0.717, 1.165) is 32.4 Å². The van der Waals surface area contributed by atoms with Crippen molar-refractivity contribution < 1.29 is 9.53 Å². The summed E-state index contributed by atoms with van der Waals surface area (Å²) in [7, 11) is 0. The second-order valence-electron chi connectivity index (χ2n) is 7.89. The molecule has 0 aromatic carbocycles. The molecule has 0 bridgehead atoms. The Kier molecular flexibility index (Phi) is 4.36. The molecule has 2 aliphatic rings. The van der Waals surface area contributed by atoms with Crippen LogP contribution in [-0.4, -0.2) is 33.3 Å².